The summed E-state index contributed by atoms with van der Waals surface area (Å²) in [6, 6.07) is 13.3. The highest BCUT2D eigenvalue weighted by Crippen LogP contribution is 2.25. The number of thiophene rings is 1. The van der Waals surface area contributed by atoms with Crippen molar-refractivity contribution in [2.24, 2.45) is 0 Å². The van der Waals surface area contributed by atoms with Gasteiger partial charge in [0.25, 0.3) is 5.56 Å². The maximum Gasteiger partial charge on any atom is 0.276 e. The highest BCUT2D eigenvalue weighted by atomic mass is 35.5. The van der Waals surface area contributed by atoms with Crippen LogP contribution < -0.4 is 10.9 Å². The van der Waals surface area contributed by atoms with Crippen LogP contribution in [-0.2, 0) is 4.79 Å². The number of nitrogens with zero attached hydrogens (tertiary/aromatic N) is 2. The fourth-order valence-corrected chi connectivity index (χ4v) is 4.64. The van der Waals surface area contributed by atoms with Crippen molar-refractivity contribution < 1.29 is 9.18 Å². The fraction of sp³-hybridized carbons (Fsp3) is 0.0952. The monoisotopic (exact) mass is 459 g/mol. The molecular formula is C21H15ClFN3O2S2. The summed E-state index contributed by atoms with van der Waals surface area (Å²) in [5, 5.41) is 4.84. The fourth-order valence-electron chi connectivity index (χ4n) is 2.88. The standard InChI is InChI=1S/C21H15ClFN3O2S2/c1-12-3-2-4-14(9-12)26-20(28)19-17(7-8-29-19)25-21(26)30-11-18(27)24-13-5-6-16(23)15(22)10-13/h2-10H,11H2,1H3,(H,24,27). The van der Waals surface area contributed by atoms with Gasteiger partial charge in [0.15, 0.2) is 5.16 Å². The van der Waals surface area contributed by atoms with Gasteiger partial charge in [-0.3, -0.25) is 14.2 Å². The van der Waals surface area contributed by atoms with Gasteiger partial charge in [-0.2, -0.15) is 0 Å². The predicted octanol–water partition coefficient (Wildman–Crippen LogP) is 5.28. The SMILES string of the molecule is Cc1cccc(-n2c(SCC(=O)Nc3ccc(F)c(Cl)c3)nc3ccsc3c2=O)c1. The van der Waals surface area contributed by atoms with Crippen LogP contribution in [0.4, 0.5) is 10.1 Å². The summed E-state index contributed by atoms with van der Waals surface area (Å²) in [6.07, 6.45) is 0. The summed E-state index contributed by atoms with van der Waals surface area (Å²) in [4.78, 5) is 30.1. The van der Waals surface area contributed by atoms with Gasteiger partial charge in [0.1, 0.15) is 10.5 Å². The van der Waals surface area contributed by atoms with Crippen molar-refractivity contribution in [2.75, 3.05) is 11.1 Å². The summed E-state index contributed by atoms with van der Waals surface area (Å²) in [5.74, 6) is -0.860. The molecule has 1 N–H and O–H groups in total. The lowest BCUT2D eigenvalue weighted by molar-refractivity contribution is -0.113. The third-order valence-electron chi connectivity index (χ3n) is 4.24. The van der Waals surface area contributed by atoms with Crippen LogP contribution in [0.2, 0.25) is 5.02 Å². The minimum Gasteiger partial charge on any atom is -0.325 e. The zero-order chi connectivity index (χ0) is 21.3. The average molecular weight is 460 g/mol. The van der Waals surface area contributed by atoms with Crippen molar-refractivity contribution in [3.8, 4) is 5.69 Å². The Balaban J connectivity index is 1.63. The van der Waals surface area contributed by atoms with E-state index in [1.54, 1.807) is 6.07 Å². The number of nitrogens with one attached hydrogen (secondary N) is 1. The summed E-state index contributed by atoms with van der Waals surface area (Å²) in [6.45, 7) is 1.94. The molecule has 0 aliphatic heterocycles. The van der Waals surface area contributed by atoms with Crippen LogP contribution in [0.3, 0.4) is 0 Å². The van der Waals surface area contributed by atoms with E-state index in [1.807, 2.05) is 36.6 Å². The van der Waals surface area contributed by atoms with Crippen LogP contribution in [0.25, 0.3) is 15.9 Å². The maximum atomic E-state index is 13.3. The molecule has 4 aromatic rings. The van der Waals surface area contributed by atoms with E-state index >= 15 is 0 Å². The van der Waals surface area contributed by atoms with E-state index in [9.17, 15) is 14.0 Å². The lowest BCUT2D eigenvalue weighted by Gasteiger charge is -2.12. The molecule has 0 aliphatic rings. The Bertz CT molecular complexity index is 1320. The van der Waals surface area contributed by atoms with Gasteiger partial charge in [0.2, 0.25) is 5.91 Å². The molecule has 9 heteroatoms. The quantitative estimate of drug-likeness (QED) is 0.326. The van der Waals surface area contributed by atoms with Crippen LogP contribution in [-0.4, -0.2) is 21.2 Å². The van der Waals surface area contributed by atoms with E-state index in [1.165, 1.54) is 34.1 Å². The molecule has 152 valence electrons. The topological polar surface area (TPSA) is 64.0 Å². The first-order chi connectivity index (χ1) is 14.4. The van der Waals surface area contributed by atoms with Crippen molar-refractivity contribution in [3.05, 3.63) is 80.7 Å². The van der Waals surface area contributed by atoms with E-state index in [0.29, 0.717) is 26.7 Å². The molecule has 0 fully saturated rings. The molecule has 0 saturated heterocycles. The van der Waals surface area contributed by atoms with Gasteiger partial charge in [-0.25, -0.2) is 9.37 Å². The van der Waals surface area contributed by atoms with Crippen molar-refractivity contribution >= 4 is 56.5 Å². The van der Waals surface area contributed by atoms with E-state index in [4.69, 9.17) is 11.6 Å². The predicted molar refractivity (Wildman–Crippen MR) is 121 cm³/mol. The van der Waals surface area contributed by atoms with Gasteiger partial charge in [0, 0.05) is 5.69 Å². The van der Waals surface area contributed by atoms with E-state index in [-0.39, 0.29) is 22.2 Å². The second kappa shape index (κ2) is 8.59. The lowest BCUT2D eigenvalue weighted by Crippen LogP contribution is -2.22. The van der Waals surface area contributed by atoms with E-state index < -0.39 is 5.82 Å². The molecule has 0 saturated carbocycles. The molecule has 0 spiro atoms. The second-order valence-electron chi connectivity index (χ2n) is 6.47. The number of benzene rings is 2. The molecule has 1 amide bonds. The largest absolute Gasteiger partial charge is 0.325 e. The van der Waals surface area contributed by atoms with Gasteiger partial charge in [0.05, 0.1) is 22.0 Å². The number of thioether (sulfide) groups is 1. The lowest BCUT2D eigenvalue weighted by atomic mass is 10.2. The molecular weight excluding hydrogens is 445 g/mol. The smallest absolute Gasteiger partial charge is 0.276 e. The zero-order valence-electron chi connectivity index (χ0n) is 15.7. The van der Waals surface area contributed by atoms with Crippen LogP contribution in [0.1, 0.15) is 5.56 Å². The first-order valence-electron chi connectivity index (χ1n) is 8.87. The normalized spacial score (nSPS) is 11.0. The Morgan fingerprint density at radius 2 is 2.10 bits per heavy atom. The maximum absolute atomic E-state index is 13.3. The first-order valence-corrected chi connectivity index (χ1v) is 11.1. The summed E-state index contributed by atoms with van der Waals surface area (Å²) in [5.41, 5.74) is 2.52. The zero-order valence-corrected chi connectivity index (χ0v) is 18.1. The minimum atomic E-state index is -0.556. The highest BCUT2D eigenvalue weighted by Gasteiger charge is 2.16. The number of rotatable bonds is 5. The van der Waals surface area contributed by atoms with Gasteiger partial charge < -0.3 is 5.32 Å². The third-order valence-corrected chi connectivity index (χ3v) is 6.36. The number of hydrogen-bond acceptors (Lipinski definition) is 5. The number of aryl methyl sites for hydroxylation is 1. The number of amides is 1. The molecule has 4 rings (SSSR count). The van der Waals surface area contributed by atoms with Crippen LogP contribution >= 0.6 is 34.7 Å². The van der Waals surface area contributed by atoms with Crippen molar-refractivity contribution in [1.29, 1.82) is 0 Å². The van der Waals surface area contributed by atoms with Crippen LogP contribution in [0, 0.1) is 12.7 Å². The number of carbonyl (C=O) groups is 1. The summed E-state index contributed by atoms with van der Waals surface area (Å²) in [7, 11) is 0. The Morgan fingerprint density at radius 3 is 2.87 bits per heavy atom. The second-order valence-corrected chi connectivity index (χ2v) is 8.74. The molecule has 0 atom stereocenters. The van der Waals surface area contributed by atoms with Gasteiger partial charge in [-0.15, -0.1) is 11.3 Å². The molecule has 2 heterocycles. The number of aromatic nitrogens is 2. The average Bonchev–Trinajstić information content (AvgIpc) is 3.18. The molecule has 2 aromatic carbocycles. The molecule has 0 unspecified atom stereocenters. The number of hydrogen-bond donors (Lipinski definition) is 1. The third kappa shape index (κ3) is 4.26. The van der Waals surface area contributed by atoms with E-state index in [0.717, 1.165) is 17.3 Å². The molecule has 0 radical (unpaired) electrons. The Labute approximate surface area is 184 Å². The molecule has 0 bridgehead atoms. The van der Waals surface area contributed by atoms with Crippen molar-refractivity contribution in [1.82, 2.24) is 9.55 Å². The molecule has 2 aromatic heterocycles. The Hall–Kier alpha value is -2.68. The molecule has 30 heavy (non-hydrogen) atoms. The minimum absolute atomic E-state index is 0.0168. The van der Waals surface area contributed by atoms with Crippen LogP contribution in [0.15, 0.2) is 63.9 Å². The van der Waals surface area contributed by atoms with Gasteiger partial charge in [-0.05, 0) is 54.3 Å². The Kier molecular flexibility index (Phi) is 5.90. The first kappa shape index (κ1) is 20.6. The Morgan fingerprint density at radius 1 is 1.27 bits per heavy atom. The molecule has 5 nitrogen and oxygen atoms in total. The number of halogens is 2. The van der Waals surface area contributed by atoms with Crippen molar-refractivity contribution in [2.45, 2.75) is 12.1 Å². The number of carbonyl (C=O) groups excluding carboxylic acids is 1. The number of anilines is 1. The van der Waals surface area contributed by atoms with Gasteiger partial charge in [-0.1, -0.05) is 35.5 Å². The van der Waals surface area contributed by atoms with Crippen LogP contribution in [0.5, 0.6) is 0 Å². The summed E-state index contributed by atoms with van der Waals surface area (Å²) < 4.78 is 15.4. The summed E-state index contributed by atoms with van der Waals surface area (Å²) >= 11 is 8.24. The highest BCUT2D eigenvalue weighted by molar-refractivity contribution is 7.99. The van der Waals surface area contributed by atoms with Gasteiger partial charge >= 0.3 is 0 Å². The van der Waals surface area contributed by atoms with E-state index in [2.05, 4.69) is 10.3 Å². The van der Waals surface area contributed by atoms with Crippen molar-refractivity contribution in [3.63, 3.8) is 0 Å². The number of fused-ring (bicyclic) bond motifs is 1. The molecule has 0 aliphatic carbocycles.